The molecule has 0 atom stereocenters. The van der Waals surface area contributed by atoms with Crippen LogP contribution >= 0.6 is 23.2 Å². The molecule has 0 fully saturated rings. The van der Waals surface area contributed by atoms with Gasteiger partial charge >= 0.3 is 12.4 Å². The third-order valence-electron chi connectivity index (χ3n) is 1.79. The van der Waals surface area contributed by atoms with Gasteiger partial charge in [0.2, 0.25) is 5.17 Å². The van der Waals surface area contributed by atoms with Crippen molar-refractivity contribution in [1.82, 2.24) is 0 Å². The van der Waals surface area contributed by atoms with Gasteiger partial charge in [-0.2, -0.15) is 26.3 Å². The fourth-order valence-electron chi connectivity index (χ4n) is 0.998. The van der Waals surface area contributed by atoms with E-state index in [-0.39, 0.29) is 12.1 Å². The lowest BCUT2D eigenvalue weighted by atomic mass is 10.2. The Bertz CT molecular complexity index is 495. The number of benzene rings is 1. The van der Waals surface area contributed by atoms with Crippen molar-refractivity contribution >= 4 is 34.1 Å². The molecule has 0 spiro atoms. The van der Waals surface area contributed by atoms with Crippen molar-refractivity contribution in [3.8, 4) is 0 Å². The normalized spacial score (nSPS) is 13.8. The van der Waals surface area contributed by atoms with Crippen LogP contribution in [-0.4, -0.2) is 11.3 Å². The molecule has 0 aliphatic carbocycles. The van der Waals surface area contributed by atoms with E-state index >= 15 is 0 Å². The van der Waals surface area contributed by atoms with Gasteiger partial charge in [0.25, 0.3) is 0 Å². The molecule has 0 unspecified atom stereocenters. The van der Waals surface area contributed by atoms with Gasteiger partial charge in [0.1, 0.15) is 5.69 Å². The summed E-state index contributed by atoms with van der Waals surface area (Å²) in [6.07, 6.45) is -9.94. The maximum absolute atomic E-state index is 13.3. The fraction of sp³-hybridized carbons (Fsp3) is 0.222. The summed E-state index contributed by atoms with van der Waals surface area (Å²) >= 11 is 10.0. The van der Waals surface area contributed by atoms with E-state index in [1.54, 1.807) is 0 Å². The molecule has 1 aromatic rings. The lowest BCUT2D eigenvalue weighted by Crippen LogP contribution is -2.16. The van der Waals surface area contributed by atoms with Crippen molar-refractivity contribution < 1.29 is 30.7 Å². The summed E-state index contributed by atoms with van der Waals surface area (Å²) < 4.78 is 86.2. The van der Waals surface area contributed by atoms with Crippen molar-refractivity contribution in [2.24, 2.45) is 4.99 Å². The zero-order valence-corrected chi connectivity index (χ0v) is 10.0. The quantitative estimate of drug-likeness (QED) is 0.488. The predicted molar refractivity (Wildman–Crippen MR) is 55.4 cm³/mol. The first-order valence-corrected chi connectivity index (χ1v) is 5.06. The van der Waals surface area contributed by atoms with Gasteiger partial charge in [0, 0.05) is 0 Å². The van der Waals surface area contributed by atoms with Crippen LogP contribution in [0.5, 0.6) is 0 Å². The van der Waals surface area contributed by atoms with Crippen LogP contribution in [-0.2, 0) is 6.18 Å². The SMILES string of the molecule is Fc1cc(C(F)(F)F)cc(Cl)c1N=C(Cl)C(F)(F)F. The molecular weight excluding hydrogens is 326 g/mol. The number of alkyl halides is 6. The van der Waals surface area contributed by atoms with Crippen molar-refractivity contribution in [3.05, 3.63) is 28.5 Å². The summed E-state index contributed by atoms with van der Waals surface area (Å²) in [6, 6.07) is 0.231. The minimum Gasteiger partial charge on any atom is -0.228 e. The summed E-state index contributed by atoms with van der Waals surface area (Å²) in [5.74, 6) is -1.66. The van der Waals surface area contributed by atoms with E-state index in [1.807, 2.05) is 0 Å². The molecular formula is C9H2Cl2F7N. The Labute approximate surface area is 111 Å². The van der Waals surface area contributed by atoms with E-state index in [4.69, 9.17) is 23.2 Å². The standard InChI is InChI=1S/C9H2Cl2F7N/c10-4-1-3(8(13,14)15)2-5(12)6(4)19-7(11)9(16,17)18/h1-2H. The minimum atomic E-state index is -5.06. The van der Waals surface area contributed by atoms with E-state index in [0.29, 0.717) is 0 Å². The number of hydrogen-bond donors (Lipinski definition) is 0. The largest absolute Gasteiger partial charge is 0.444 e. The number of nitrogens with zero attached hydrogens (tertiary/aromatic N) is 1. The Hall–Kier alpha value is -1.02. The molecule has 10 heteroatoms. The average molecular weight is 328 g/mol. The first-order valence-electron chi connectivity index (χ1n) is 4.30. The van der Waals surface area contributed by atoms with Crippen LogP contribution in [0.15, 0.2) is 17.1 Å². The highest BCUT2D eigenvalue weighted by molar-refractivity contribution is 6.67. The zero-order valence-electron chi connectivity index (χ0n) is 8.50. The molecule has 0 saturated carbocycles. The number of aliphatic imine (C=N–C) groups is 1. The summed E-state index contributed by atoms with van der Waals surface area (Å²) in [7, 11) is 0. The second-order valence-electron chi connectivity index (χ2n) is 3.19. The maximum Gasteiger partial charge on any atom is 0.444 e. The highest BCUT2D eigenvalue weighted by Crippen LogP contribution is 2.37. The Morgan fingerprint density at radius 1 is 1.05 bits per heavy atom. The van der Waals surface area contributed by atoms with Crippen LogP contribution in [0, 0.1) is 5.82 Å². The molecule has 0 N–H and O–H groups in total. The van der Waals surface area contributed by atoms with E-state index in [0.717, 1.165) is 0 Å². The van der Waals surface area contributed by atoms with Crippen molar-refractivity contribution in [2.75, 3.05) is 0 Å². The Morgan fingerprint density at radius 2 is 1.58 bits per heavy atom. The van der Waals surface area contributed by atoms with E-state index in [9.17, 15) is 30.7 Å². The summed E-state index contributed by atoms with van der Waals surface area (Å²) in [4.78, 5) is 2.64. The predicted octanol–water partition coefficient (Wildman–Crippen LogP) is 5.33. The van der Waals surface area contributed by atoms with Crippen LogP contribution in [0.1, 0.15) is 5.56 Å². The van der Waals surface area contributed by atoms with Gasteiger partial charge in [-0.15, -0.1) is 0 Å². The highest BCUT2D eigenvalue weighted by Gasteiger charge is 2.36. The Kier molecular flexibility index (Phi) is 4.36. The summed E-state index contributed by atoms with van der Waals surface area (Å²) in [6.45, 7) is 0. The van der Waals surface area contributed by atoms with Crippen LogP contribution in [0.4, 0.5) is 36.4 Å². The molecule has 0 saturated heterocycles. The van der Waals surface area contributed by atoms with E-state index in [1.165, 1.54) is 0 Å². The second kappa shape index (κ2) is 5.16. The van der Waals surface area contributed by atoms with Crippen LogP contribution in [0.25, 0.3) is 0 Å². The molecule has 19 heavy (non-hydrogen) atoms. The Balaban J connectivity index is 3.34. The second-order valence-corrected chi connectivity index (χ2v) is 3.95. The topological polar surface area (TPSA) is 12.4 Å². The van der Waals surface area contributed by atoms with Crippen LogP contribution < -0.4 is 0 Å². The summed E-state index contributed by atoms with van der Waals surface area (Å²) in [5, 5.41) is -2.89. The van der Waals surface area contributed by atoms with Crippen molar-refractivity contribution in [2.45, 2.75) is 12.4 Å². The van der Waals surface area contributed by atoms with Gasteiger partial charge in [-0.25, -0.2) is 9.38 Å². The lowest BCUT2D eigenvalue weighted by Gasteiger charge is -2.10. The number of hydrogen-bond acceptors (Lipinski definition) is 1. The van der Waals surface area contributed by atoms with Crippen molar-refractivity contribution in [1.29, 1.82) is 0 Å². The molecule has 0 radical (unpaired) electrons. The maximum atomic E-state index is 13.3. The molecule has 0 aliphatic rings. The number of rotatable bonds is 1. The molecule has 0 aliphatic heterocycles. The number of halogens is 9. The van der Waals surface area contributed by atoms with Gasteiger partial charge in [-0.05, 0) is 12.1 Å². The molecule has 0 heterocycles. The molecule has 1 rings (SSSR count). The van der Waals surface area contributed by atoms with E-state index in [2.05, 4.69) is 4.99 Å². The third-order valence-corrected chi connectivity index (χ3v) is 2.38. The Morgan fingerprint density at radius 3 is 1.95 bits per heavy atom. The van der Waals surface area contributed by atoms with E-state index < -0.39 is 39.6 Å². The third kappa shape index (κ3) is 3.97. The molecule has 0 bridgehead atoms. The minimum absolute atomic E-state index is 0.0226. The average Bonchev–Trinajstić information content (AvgIpc) is 2.19. The first-order chi connectivity index (χ1) is 8.43. The molecule has 0 aromatic heterocycles. The van der Waals surface area contributed by atoms with Gasteiger partial charge in [-0.3, -0.25) is 0 Å². The van der Waals surface area contributed by atoms with Gasteiger partial charge in [0.15, 0.2) is 5.82 Å². The van der Waals surface area contributed by atoms with Gasteiger partial charge < -0.3 is 0 Å². The lowest BCUT2D eigenvalue weighted by molar-refractivity contribution is -0.137. The highest BCUT2D eigenvalue weighted by atomic mass is 35.5. The van der Waals surface area contributed by atoms with Crippen molar-refractivity contribution in [3.63, 3.8) is 0 Å². The molecule has 1 nitrogen and oxygen atoms in total. The monoisotopic (exact) mass is 327 g/mol. The first kappa shape index (κ1) is 16.0. The van der Waals surface area contributed by atoms with Gasteiger partial charge in [0.05, 0.1) is 10.6 Å². The molecule has 0 amide bonds. The molecule has 1 aromatic carbocycles. The van der Waals surface area contributed by atoms with Gasteiger partial charge in [-0.1, -0.05) is 23.2 Å². The zero-order chi connectivity index (χ0) is 15.0. The summed E-state index contributed by atoms with van der Waals surface area (Å²) in [5.41, 5.74) is -2.56. The molecule has 106 valence electrons. The van der Waals surface area contributed by atoms with Crippen LogP contribution in [0.3, 0.4) is 0 Å². The smallest absolute Gasteiger partial charge is 0.228 e. The fourth-order valence-corrected chi connectivity index (χ4v) is 1.33. The van der Waals surface area contributed by atoms with Crippen LogP contribution in [0.2, 0.25) is 5.02 Å².